The van der Waals surface area contributed by atoms with E-state index in [4.69, 9.17) is 0 Å². The zero-order valence-corrected chi connectivity index (χ0v) is 14.4. The Bertz CT molecular complexity index is 887. The first-order valence-corrected chi connectivity index (χ1v) is 8.41. The van der Waals surface area contributed by atoms with E-state index in [2.05, 4.69) is 48.2 Å². The lowest BCUT2D eigenvalue weighted by Gasteiger charge is -2.25. The average Bonchev–Trinajstić information content (AvgIpc) is 2.87. The van der Waals surface area contributed by atoms with E-state index in [0.29, 0.717) is 6.04 Å². The normalized spacial score (nSPS) is 13.3. The van der Waals surface area contributed by atoms with E-state index in [1.165, 1.54) is 10.9 Å². The van der Waals surface area contributed by atoms with E-state index in [0.717, 1.165) is 36.2 Å². The third kappa shape index (κ3) is 2.68. The molecule has 1 unspecified atom stereocenters. The maximum atomic E-state index is 11.9. The molecule has 0 saturated heterocycles. The van der Waals surface area contributed by atoms with Gasteiger partial charge in [-0.2, -0.15) is 0 Å². The molecule has 0 spiro atoms. The summed E-state index contributed by atoms with van der Waals surface area (Å²) < 4.78 is 2.33. The maximum absolute atomic E-state index is 11.9. The van der Waals surface area contributed by atoms with Crippen molar-refractivity contribution in [2.75, 3.05) is 19.6 Å². The van der Waals surface area contributed by atoms with Gasteiger partial charge in [0.1, 0.15) is 0 Å². The van der Waals surface area contributed by atoms with Crippen LogP contribution in [0.1, 0.15) is 32.5 Å². The van der Waals surface area contributed by atoms with Gasteiger partial charge in [0.05, 0.1) is 11.0 Å². The van der Waals surface area contributed by atoms with Gasteiger partial charge in [0.25, 0.3) is 0 Å². The third-order valence-electron chi connectivity index (χ3n) is 4.78. The first kappa shape index (κ1) is 15.8. The summed E-state index contributed by atoms with van der Waals surface area (Å²) in [5.41, 5.74) is 3.44. The second kappa shape index (κ2) is 6.20. The monoisotopic (exact) mass is 311 g/mol. The quantitative estimate of drug-likeness (QED) is 0.780. The molecule has 3 aromatic rings. The van der Waals surface area contributed by atoms with E-state index in [1.807, 2.05) is 12.3 Å². The van der Waals surface area contributed by atoms with Gasteiger partial charge in [-0.3, -0.25) is 4.79 Å². The minimum atomic E-state index is 0.0678. The molecular weight excluding hydrogens is 286 g/mol. The Balaban J connectivity index is 2.27. The number of pyridine rings is 1. The molecule has 0 bridgehead atoms. The molecule has 0 aliphatic rings. The SMILES string of the molecule is CCN(CC)CC(C)n1c2cc(=O)ccc2c2cc[nH]c(C)c21. The van der Waals surface area contributed by atoms with Crippen LogP contribution in [0, 0.1) is 6.92 Å². The van der Waals surface area contributed by atoms with Crippen LogP contribution in [0.3, 0.4) is 0 Å². The molecule has 4 heteroatoms. The summed E-state index contributed by atoms with van der Waals surface area (Å²) in [6.45, 7) is 11.8. The predicted molar refractivity (Wildman–Crippen MR) is 97.3 cm³/mol. The van der Waals surface area contributed by atoms with E-state index >= 15 is 0 Å². The van der Waals surface area contributed by atoms with Gasteiger partial charge in [0, 0.05) is 41.3 Å². The number of benzene rings is 1. The molecule has 0 radical (unpaired) electrons. The number of likely N-dealkylation sites (N-methyl/N-ethyl adjacent to an activating group) is 1. The highest BCUT2D eigenvalue weighted by Gasteiger charge is 2.18. The molecule has 0 aliphatic carbocycles. The zero-order valence-electron chi connectivity index (χ0n) is 14.4. The fraction of sp³-hybridized carbons (Fsp3) is 0.421. The summed E-state index contributed by atoms with van der Waals surface area (Å²) >= 11 is 0. The highest BCUT2D eigenvalue weighted by atomic mass is 16.1. The van der Waals surface area contributed by atoms with Gasteiger partial charge in [-0.25, -0.2) is 0 Å². The van der Waals surface area contributed by atoms with Crippen molar-refractivity contribution >= 4 is 21.8 Å². The number of rotatable bonds is 5. The molecule has 0 aliphatic heterocycles. The summed E-state index contributed by atoms with van der Waals surface area (Å²) in [6, 6.07) is 7.79. The number of hydrogen-bond acceptors (Lipinski definition) is 2. The topological polar surface area (TPSA) is 41.0 Å². The molecule has 4 nitrogen and oxygen atoms in total. The lowest BCUT2D eigenvalue weighted by molar-refractivity contribution is 0.265. The van der Waals surface area contributed by atoms with Crippen molar-refractivity contribution < 1.29 is 0 Å². The van der Waals surface area contributed by atoms with Crippen molar-refractivity contribution in [3.05, 3.63) is 46.4 Å². The Morgan fingerprint density at radius 2 is 1.91 bits per heavy atom. The van der Waals surface area contributed by atoms with Crippen molar-refractivity contribution in [2.45, 2.75) is 33.7 Å². The molecule has 0 fully saturated rings. The third-order valence-corrected chi connectivity index (χ3v) is 4.78. The summed E-state index contributed by atoms with van der Waals surface area (Å²) in [5.74, 6) is 0. The fourth-order valence-corrected chi connectivity index (χ4v) is 3.58. The molecule has 3 rings (SSSR count). The van der Waals surface area contributed by atoms with E-state index < -0.39 is 0 Å². The molecule has 0 amide bonds. The van der Waals surface area contributed by atoms with Gasteiger partial charge < -0.3 is 14.5 Å². The number of hydrogen-bond donors (Lipinski definition) is 1. The van der Waals surface area contributed by atoms with Crippen molar-refractivity contribution in [3.63, 3.8) is 0 Å². The second-order valence-corrected chi connectivity index (χ2v) is 6.25. The van der Waals surface area contributed by atoms with Crippen molar-refractivity contribution in [3.8, 4) is 0 Å². The van der Waals surface area contributed by atoms with Crippen LogP contribution in [-0.4, -0.2) is 34.1 Å². The summed E-state index contributed by atoms with van der Waals surface area (Å²) in [7, 11) is 0. The Morgan fingerprint density at radius 1 is 1.17 bits per heavy atom. The lowest BCUT2D eigenvalue weighted by Crippen LogP contribution is -2.29. The Hall–Kier alpha value is -2.07. The van der Waals surface area contributed by atoms with Crippen LogP contribution in [0.2, 0.25) is 0 Å². The van der Waals surface area contributed by atoms with E-state index in [9.17, 15) is 4.79 Å². The minimum Gasteiger partial charge on any atom is -0.364 e. The fourth-order valence-electron chi connectivity index (χ4n) is 3.58. The number of nitrogens with zero attached hydrogens (tertiary/aromatic N) is 2. The highest BCUT2D eigenvalue weighted by molar-refractivity contribution is 6.08. The largest absolute Gasteiger partial charge is 0.364 e. The smallest absolute Gasteiger partial charge is 0.180 e. The number of fused-ring (bicyclic) bond motifs is 3. The molecule has 2 heterocycles. The number of aromatic nitrogens is 2. The van der Waals surface area contributed by atoms with Crippen LogP contribution < -0.4 is 5.43 Å². The van der Waals surface area contributed by atoms with Crippen LogP contribution in [0.5, 0.6) is 0 Å². The highest BCUT2D eigenvalue weighted by Crippen LogP contribution is 2.32. The van der Waals surface area contributed by atoms with Crippen LogP contribution in [-0.2, 0) is 0 Å². The van der Waals surface area contributed by atoms with Crippen LogP contribution >= 0.6 is 0 Å². The minimum absolute atomic E-state index is 0.0678. The maximum Gasteiger partial charge on any atom is 0.180 e. The van der Waals surface area contributed by atoms with Gasteiger partial charge in [0.15, 0.2) is 5.43 Å². The molecule has 1 N–H and O–H groups in total. The molecule has 0 saturated carbocycles. The number of nitrogens with one attached hydrogen (secondary N) is 1. The van der Waals surface area contributed by atoms with Crippen molar-refractivity contribution in [1.29, 1.82) is 0 Å². The van der Waals surface area contributed by atoms with E-state index in [1.54, 1.807) is 12.1 Å². The Kier molecular flexibility index (Phi) is 4.26. The predicted octanol–water partition coefficient (Wildman–Crippen LogP) is 3.69. The lowest BCUT2D eigenvalue weighted by atomic mass is 10.2. The summed E-state index contributed by atoms with van der Waals surface area (Å²) in [6.07, 6.45) is 1.97. The first-order chi connectivity index (χ1) is 11.1. The zero-order chi connectivity index (χ0) is 16.6. The van der Waals surface area contributed by atoms with Gasteiger partial charge in [-0.05, 0) is 45.1 Å². The van der Waals surface area contributed by atoms with Crippen LogP contribution in [0.25, 0.3) is 21.8 Å². The number of H-pyrrole nitrogens is 1. The molecule has 2 aromatic heterocycles. The standard InChI is InChI=1S/C19H25N3O/c1-5-21(6-2)12-13(3)22-18-11-15(23)7-8-16(18)17-9-10-20-14(4)19(17)22/h7-11,13,20H,5-6,12H2,1-4H3. The van der Waals surface area contributed by atoms with Crippen molar-refractivity contribution in [2.24, 2.45) is 0 Å². The van der Waals surface area contributed by atoms with Gasteiger partial charge in [-0.1, -0.05) is 13.8 Å². The van der Waals surface area contributed by atoms with Crippen LogP contribution in [0.4, 0.5) is 0 Å². The second-order valence-electron chi connectivity index (χ2n) is 6.25. The summed E-state index contributed by atoms with van der Waals surface area (Å²) in [5, 5.41) is 2.37. The molecule has 122 valence electrons. The van der Waals surface area contributed by atoms with Crippen molar-refractivity contribution in [1.82, 2.24) is 14.5 Å². The number of aromatic amines is 1. The first-order valence-electron chi connectivity index (χ1n) is 8.41. The van der Waals surface area contributed by atoms with Gasteiger partial charge in [-0.15, -0.1) is 0 Å². The van der Waals surface area contributed by atoms with Gasteiger partial charge in [0.2, 0.25) is 0 Å². The van der Waals surface area contributed by atoms with Crippen LogP contribution in [0.15, 0.2) is 35.3 Å². The molecule has 23 heavy (non-hydrogen) atoms. The Labute approximate surface area is 136 Å². The number of aryl methyl sites for hydroxylation is 1. The molecule has 1 atom stereocenters. The molecular formula is C19H25N3O. The summed E-state index contributed by atoms with van der Waals surface area (Å²) in [4.78, 5) is 17.7. The Morgan fingerprint density at radius 3 is 2.61 bits per heavy atom. The van der Waals surface area contributed by atoms with E-state index in [-0.39, 0.29) is 5.43 Å². The molecule has 1 aromatic carbocycles. The average molecular weight is 311 g/mol. The van der Waals surface area contributed by atoms with Gasteiger partial charge >= 0.3 is 0 Å².